The number of hydrogen-bond donors (Lipinski definition) is 1. The second-order valence-corrected chi connectivity index (χ2v) is 5.19. The molecule has 1 saturated heterocycles. The SMILES string of the molecule is O=c1ccc2c(N3CCCCC3)cc(Cl)cc2[nH]1. The number of fused-ring (bicyclic) bond motifs is 1. The summed E-state index contributed by atoms with van der Waals surface area (Å²) in [5.41, 5.74) is 1.86. The van der Waals surface area contributed by atoms with E-state index in [1.165, 1.54) is 19.3 Å². The lowest BCUT2D eigenvalue weighted by molar-refractivity contribution is 0.579. The predicted molar refractivity (Wildman–Crippen MR) is 75.6 cm³/mol. The number of benzene rings is 1. The lowest BCUT2D eigenvalue weighted by atomic mass is 10.1. The van der Waals surface area contributed by atoms with Crippen molar-refractivity contribution < 1.29 is 0 Å². The minimum Gasteiger partial charge on any atom is -0.371 e. The molecule has 0 amide bonds. The molecule has 1 aliphatic heterocycles. The van der Waals surface area contributed by atoms with Crippen LogP contribution in [0.5, 0.6) is 0 Å². The van der Waals surface area contributed by atoms with E-state index in [9.17, 15) is 4.79 Å². The van der Waals surface area contributed by atoms with E-state index in [1.807, 2.05) is 18.2 Å². The summed E-state index contributed by atoms with van der Waals surface area (Å²) in [5.74, 6) is 0. The fourth-order valence-corrected chi connectivity index (χ4v) is 2.82. The molecular weight excluding hydrogens is 248 g/mol. The van der Waals surface area contributed by atoms with E-state index in [1.54, 1.807) is 6.07 Å². The van der Waals surface area contributed by atoms with Gasteiger partial charge in [-0.2, -0.15) is 0 Å². The van der Waals surface area contributed by atoms with Crippen LogP contribution < -0.4 is 10.5 Å². The van der Waals surface area contributed by atoms with Crippen molar-refractivity contribution in [1.29, 1.82) is 0 Å². The maximum absolute atomic E-state index is 11.4. The highest BCUT2D eigenvalue weighted by Crippen LogP contribution is 2.30. The Bertz CT molecular complexity index is 629. The van der Waals surface area contributed by atoms with Gasteiger partial charge in [0.25, 0.3) is 0 Å². The number of halogens is 1. The van der Waals surface area contributed by atoms with Crippen LogP contribution >= 0.6 is 11.6 Å². The number of nitrogens with one attached hydrogen (secondary N) is 1. The van der Waals surface area contributed by atoms with Crippen LogP contribution in [0.3, 0.4) is 0 Å². The topological polar surface area (TPSA) is 36.1 Å². The van der Waals surface area contributed by atoms with Crippen LogP contribution in [0.1, 0.15) is 19.3 Å². The highest BCUT2D eigenvalue weighted by molar-refractivity contribution is 6.31. The molecule has 0 spiro atoms. The number of H-pyrrole nitrogens is 1. The van der Waals surface area contributed by atoms with Crippen molar-refractivity contribution in [2.75, 3.05) is 18.0 Å². The highest BCUT2D eigenvalue weighted by Gasteiger charge is 2.14. The van der Waals surface area contributed by atoms with Gasteiger partial charge in [0.05, 0.1) is 5.52 Å². The summed E-state index contributed by atoms with van der Waals surface area (Å²) in [5, 5.41) is 1.74. The highest BCUT2D eigenvalue weighted by atomic mass is 35.5. The van der Waals surface area contributed by atoms with Gasteiger partial charge in [-0.3, -0.25) is 4.79 Å². The maximum atomic E-state index is 11.4. The minimum absolute atomic E-state index is 0.0886. The molecule has 0 radical (unpaired) electrons. The van der Waals surface area contributed by atoms with Crippen molar-refractivity contribution in [3.63, 3.8) is 0 Å². The van der Waals surface area contributed by atoms with Gasteiger partial charge in [0.15, 0.2) is 0 Å². The van der Waals surface area contributed by atoms with Gasteiger partial charge in [-0.15, -0.1) is 0 Å². The monoisotopic (exact) mass is 262 g/mol. The van der Waals surface area contributed by atoms with Crippen molar-refractivity contribution in [2.45, 2.75) is 19.3 Å². The molecule has 1 aliphatic rings. The summed E-state index contributed by atoms with van der Waals surface area (Å²) in [6, 6.07) is 7.26. The minimum atomic E-state index is -0.0886. The van der Waals surface area contributed by atoms with Crippen LogP contribution in [0, 0.1) is 0 Å². The second-order valence-electron chi connectivity index (χ2n) is 4.76. The van der Waals surface area contributed by atoms with Crippen LogP contribution in [0.25, 0.3) is 10.9 Å². The molecule has 4 heteroatoms. The van der Waals surface area contributed by atoms with Crippen molar-refractivity contribution in [2.24, 2.45) is 0 Å². The first-order valence-corrected chi connectivity index (χ1v) is 6.69. The Morgan fingerprint density at radius 1 is 1.11 bits per heavy atom. The van der Waals surface area contributed by atoms with Gasteiger partial charge in [0, 0.05) is 35.3 Å². The summed E-state index contributed by atoms with van der Waals surface area (Å²) in [6.45, 7) is 2.13. The molecule has 0 bridgehead atoms. The smallest absolute Gasteiger partial charge is 0.248 e. The largest absolute Gasteiger partial charge is 0.371 e. The first-order valence-electron chi connectivity index (χ1n) is 6.31. The van der Waals surface area contributed by atoms with E-state index in [-0.39, 0.29) is 5.56 Å². The Morgan fingerprint density at radius 2 is 1.89 bits per heavy atom. The van der Waals surface area contributed by atoms with Crippen LogP contribution in [-0.2, 0) is 0 Å². The molecule has 0 aliphatic carbocycles. The molecule has 1 N–H and O–H groups in total. The quantitative estimate of drug-likeness (QED) is 0.857. The molecule has 1 aromatic carbocycles. The Hall–Kier alpha value is -1.48. The molecule has 1 fully saturated rings. The number of pyridine rings is 1. The van der Waals surface area contributed by atoms with E-state index < -0.39 is 0 Å². The van der Waals surface area contributed by atoms with Crippen molar-refractivity contribution in [3.05, 3.63) is 39.6 Å². The number of hydrogen-bond acceptors (Lipinski definition) is 2. The second kappa shape index (κ2) is 4.65. The molecule has 0 atom stereocenters. The van der Waals surface area contributed by atoms with Gasteiger partial charge in [0.2, 0.25) is 5.56 Å². The summed E-state index contributed by atoms with van der Waals surface area (Å²) in [7, 11) is 0. The standard InChI is InChI=1S/C14H15ClN2O/c15-10-8-12-11(4-5-14(18)16-12)13(9-10)17-6-2-1-3-7-17/h4-5,8-9H,1-3,6-7H2,(H,16,18). The molecule has 0 unspecified atom stereocenters. The number of anilines is 1. The normalized spacial score (nSPS) is 16.2. The zero-order valence-corrected chi connectivity index (χ0v) is 10.8. The van der Waals surface area contributed by atoms with E-state index in [0.29, 0.717) is 5.02 Å². The average molecular weight is 263 g/mol. The zero-order chi connectivity index (χ0) is 12.5. The zero-order valence-electron chi connectivity index (χ0n) is 10.1. The first-order chi connectivity index (χ1) is 8.74. The van der Waals surface area contributed by atoms with Gasteiger partial charge >= 0.3 is 0 Å². The fraction of sp³-hybridized carbons (Fsp3) is 0.357. The maximum Gasteiger partial charge on any atom is 0.248 e. The van der Waals surface area contributed by atoms with Gasteiger partial charge in [-0.1, -0.05) is 11.6 Å². The molecule has 1 aromatic heterocycles. The van der Waals surface area contributed by atoms with E-state index >= 15 is 0 Å². The number of piperidine rings is 1. The molecule has 3 nitrogen and oxygen atoms in total. The molecule has 18 heavy (non-hydrogen) atoms. The van der Waals surface area contributed by atoms with E-state index in [0.717, 1.165) is 29.7 Å². The fourth-order valence-electron chi connectivity index (χ4n) is 2.61. The van der Waals surface area contributed by atoms with Crippen molar-refractivity contribution in [3.8, 4) is 0 Å². The average Bonchev–Trinajstić information content (AvgIpc) is 2.38. The van der Waals surface area contributed by atoms with Crippen molar-refractivity contribution in [1.82, 2.24) is 4.98 Å². The first kappa shape index (κ1) is 11.6. The Kier molecular flexibility index (Phi) is 3.00. The number of aromatic nitrogens is 1. The lowest BCUT2D eigenvalue weighted by Gasteiger charge is -2.30. The summed E-state index contributed by atoms with van der Waals surface area (Å²) in [6.07, 6.45) is 3.74. The van der Waals surface area contributed by atoms with Crippen LogP contribution in [0.4, 0.5) is 5.69 Å². The third-order valence-electron chi connectivity index (χ3n) is 3.48. The third-order valence-corrected chi connectivity index (χ3v) is 3.70. The third kappa shape index (κ3) is 2.10. The van der Waals surface area contributed by atoms with Crippen LogP contribution in [-0.4, -0.2) is 18.1 Å². The summed E-state index contributed by atoms with van der Waals surface area (Å²) >= 11 is 6.15. The van der Waals surface area contributed by atoms with Gasteiger partial charge in [-0.05, 0) is 37.5 Å². The lowest BCUT2D eigenvalue weighted by Crippen LogP contribution is -2.29. The molecule has 2 heterocycles. The molecule has 3 rings (SSSR count). The van der Waals surface area contributed by atoms with Gasteiger partial charge < -0.3 is 9.88 Å². The molecular formula is C14H15ClN2O. The Morgan fingerprint density at radius 3 is 2.67 bits per heavy atom. The van der Waals surface area contributed by atoms with E-state index in [4.69, 9.17) is 11.6 Å². The Balaban J connectivity index is 2.17. The predicted octanol–water partition coefficient (Wildman–Crippen LogP) is 3.17. The molecule has 94 valence electrons. The molecule has 0 saturated carbocycles. The number of aromatic amines is 1. The van der Waals surface area contributed by atoms with Crippen molar-refractivity contribution >= 4 is 28.2 Å². The van der Waals surface area contributed by atoms with Gasteiger partial charge in [-0.25, -0.2) is 0 Å². The molecule has 2 aromatic rings. The van der Waals surface area contributed by atoms with Crippen LogP contribution in [0.15, 0.2) is 29.1 Å². The van der Waals surface area contributed by atoms with E-state index in [2.05, 4.69) is 9.88 Å². The summed E-state index contributed by atoms with van der Waals surface area (Å²) < 4.78 is 0. The Labute approximate surface area is 110 Å². The number of nitrogens with zero attached hydrogens (tertiary/aromatic N) is 1. The number of rotatable bonds is 1. The van der Waals surface area contributed by atoms with Gasteiger partial charge in [0.1, 0.15) is 0 Å². The summed E-state index contributed by atoms with van der Waals surface area (Å²) in [4.78, 5) is 16.6. The van der Waals surface area contributed by atoms with Crippen LogP contribution in [0.2, 0.25) is 5.02 Å².